The first-order valence-electron chi connectivity index (χ1n) is 9.42. The molecule has 1 fully saturated rings. The Balaban J connectivity index is 1.75. The van der Waals surface area contributed by atoms with E-state index in [9.17, 15) is 19.5 Å². The van der Waals surface area contributed by atoms with Crippen molar-refractivity contribution in [2.24, 2.45) is 5.92 Å². The summed E-state index contributed by atoms with van der Waals surface area (Å²) in [5, 5.41) is 12.1. The Morgan fingerprint density at radius 2 is 1.86 bits per heavy atom. The fraction of sp³-hybridized carbons (Fsp3) is 0.318. The predicted octanol–water partition coefficient (Wildman–Crippen LogP) is 3.51. The molecule has 2 amide bonds. The van der Waals surface area contributed by atoms with Crippen LogP contribution in [0, 0.1) is 5.92 Å². The number of carbonyl (C=O) groups is 3. The smallest absolute Gasteiger partial charge is 0.339 e. The summed E-state index contributed by atoms with van der Waals surface area (Å²) in [6, 6.07) is 12.1. The van der Waals surface area contributed by atoms with Crippen LogP contribution in [0.5, 0.6) is 5.75 Å². The van der Waals surface area contributed by atoms with Crippen LogP contribution < -0.4 is 15.0 Å². The highest BCUT2D eigenvalue weighted by atomic mass is 16.5. The number of aromatic carboxylic acids is 1. The van der Waals surface area contributed by atoms with E-state index in [1.807, 2.05) is 26.0 Å². The van der Waals surface area contributed by atoms with Gasteiger partial charge in [0.05, 0.1) is 7.11 Å². The molecule has 1 aliphatic heterocycles. The van der Waals surface area contributed by atoms with E-state index in [0.29, 0.717) is 18.7 Å². The normalized spacial score (nSPS) is 16.2. The highest BCUT2D eigenvalue weighted by Gasteiger charge is 2.32. The van der Waals surface area contributed by atoms with E-state index in [2.05, 4.69) is 5.32 Å². The summed E-state index contributed by atoms with van der Waals surface area (Å²) in [7, 11) is 1.43. The van der Waals surface area contributed by atoms with Crippen LogP contribution in [0.25, 0.3) is 0 Å². The van der Waals surface area contributed by atoms with Gasteiger partial charge >= 0.3 is 5.97 Å². The molecular formula is C22H24N2O5. The minimum absolute atomic E-state index is 0.00440. The van der Waals surface area contributed by atoms with Crippen molar-refractivity contribution in [1.82, 2.24) is 0 Å². The van der Waals surface area contributed by atoms with Gasteiger partial charge in [0.25, 0.3) is 0 Å². The van der Waals surface area contributed by atoms with Crippen molar-refractivity contribution in [3.63, 3.8) is 0 Å². The minimum atomic E-state index is -1.05. The van der Waals surface area contributed by atoms with Gasteiger partial charge in [0, 0.05) is 36.2 Å². The average molecular weight is 396 g/mol. The Kier molecular flexibility index (Phi) is 5.87. The van der Waals surface area contributed by atoms with Crippen molar-refractivity contribution in [3.05, 3.63) is 53.6 Å². The first-order valence-corrected chi connectivity index (χ1v) is 9.42. The number of nitrogens with one attached hydrogen (secondary N) is 1. The van der Waals surface area contributed by atoms with Crippen LogP contribution in [0.4, 0.5) is 11.4 Å². The van der Waals surface area contributed by atoms with E-state index < -0.39 is 5.97 Å². The molecule has 0 bridgehead atoms. The van der Waals surface area contributed by atoms with Crippen molar-refractivity contribution >= 4 is 29.2 Å². The maximum absolute atomic E-state index is 12.6. The summed E-state index contributed by atoms with van der Waals surface area (Å²) in [6.45, 7) is 4.14. The van der Waals surface area contributed by atoms with Gasteiger partial charge in [0.2, 0.25) is 11.8 Å². The molecule has 0 spiro atoms. The lowest BCUT2D eigenvalue weighted by atomic mass is 9.96. The number of benzene rings is 2. The van der Waals surface area contributed by atoms with Crippen molar-refractivity contribution in [2.75, 3.05) is 23.9 Å². The second-order valence-electron chi connectivity index (χ2n) is 7.36. The molecule has 1 unspecified atom stereocenters. The number of carbonyl (C=O) groups excluding carboxylic acids is 2. The summed E-state index contributed by atoms with van der Waals surface area (Å²) in [4.78, 5) is 37.3. The lowest BCUT2D eigenvalue weighted by Crippen LogP contribution is -2.24. The largest absolute Gasteiger partial charge is 0.496 e. The lowest BCUT2D eigenvalue weighted by molar-refractivity contribution is -0.119. The summed E-state index contributed by atoms with van der Waals surface area (Å²) >= 11 is 0. The van der Waals surface area contributed by atoms with Crippen LogP contribution in [-0.2, 0) is 9.59 Å². The van der Waals surface area contributed by atoms with Gasteiger partial charge in [-0.1, -0.05) is 19.9 Å². The quantitative estimate of drug-likeness (QED) is 0.779. The van der Waals surface area contributed by atoms with E-state index in [1.165, 1.54) is 13.2 Å². The molecule has 1 aliphatic rings. The van der Waals surface area contributed by atoms with Crippen LogP contribution in [0.1, 0.15) is 42.1 Å². The summed E-state index contributed by atoms with van der Waals surface area (Å²) in [5.74, 6) is -1.00. The molecule has 2 N–H and O–H groups in total. The van der Waals surface area contributed by atoms with Crippen LogP contribution in [0.15, 0.2) is 42.5 Å². The van der Waals surface area contributed by atoms with Gasteiger partial charge in [-0.25, -0.2) is 4.79 Å². The summed E-state index contributed by atoms with van der Waals surface area (Å²) in [5.41, 5.74) is 2.40. The van der Waals surface area contributed by atoms with Gasteiger partial charge in [-0.2, -0.15) is 0 Å². The molecule has 2 aromatic rings. The number of anilines is 2. The predicted molar refractivity (Wildman–Crippen MR) is 110 cm³/mol. The number of rotatable bonds is 6. The van der Waals surface area contributed by atoms with E-state index in [0.717, 1.165) is 11.3 Å². The molecule has 1 heterocycles. The van der Waals surface area contributed by atoms with Gasteiger partial charge in [0.1, 0.15) is 11.3 Å². The Bertz CT molecular complexity index is 937. The molecule has 0 saturated carbocycles. The highest BCUT2D eigenvalue weighted by molar-refractivity contribution is 5.97. The number of ether oxygens (including phenoxy) is 1. The van der Waals surface area contributed by atoms with Crippen molar-refractivity contribution in [1.29, 1.82) is 0 Å². The fourth-order valence-electron chi connectivity index (χ4n) is 3.33. The second kappa shape index (κ2) is 8.34. The maximum atomic E-state index is 12.6. The highest BCUT2D eigenvalue weighted by Crippen LogP contribution is 2.34. The van der Waals surface area contributed by atoms with Gasteiger partial charge in [-0.05, 0) is 42.0 Å². The molecule has 3 rings (SSSR count). The number of methoxy groups -OCH3 is 1. The zero-order valence-corrected chi connectivity index (χ0v) is 16.6. The third kappa shape index (κ3) is 4.39. The average Bonchev–Trinajstić information content (AvgIpc) is 3.09. The zero-order valence-electron chi connectivity index (χ0n) is 16.6. The lowest BCUT2D eigenvalue weighted by Gasteiger charge is -2.18. The monoisotopic (exact) mass is 396 g/mol. The molecule has 2 aromatic carbocycles. The van der Waals surface area contributed by atoms with Crippen LogP contribution in [0.3, 0.4) is 0 Å². The van der Waals surface area contributed by atoms with Gasteiger partial charge in [-0.3, -0.25) is 9.59 Å². The van der Waals surface area contributed by atoms with Crippen molar-refractivity contribution in [2.45, 2.75) is 26.2 Å². The number of carboxylic acids is 1. The number of hydrogen-bond donors (Lipinski definition) is 2. The molecule has 0 aliphatic carbocycles. The molecule has 1 saturated heterocycles. The Labute approximate surface area is 169 Å². The third-order valence-corrected chi connectivity index (χ3v) is 5.02. The molecular weight excluding hydrogens is 372 g/mol. The fourth-order valence-corrected chi connectivity index (χ4v) is 3.33. The van der Waals surface area contributed by atoms with Gasteiger partial charge < -0.3 is 20.1 Å². The topological polar surface area (TPSA) is 95.9 Å². The number of amides is 2. The molecule has 152 valence electrons. The molecule has 29 heavy (non-hydrogen) atoms. The number of carboxylic acid groups (broad SMARTS) is 1. The van der Waals surface area contributed by atoms with E-state index in [4.69, 9.17) is 4.74 Å². The molecule has 7 nitrogen and oxygen atoms in total. The first kappa shape index (κ1) is 20.4. The SMILES string of the molecule is COc1cc(C2CC(=O)N(c3ccc(NC(=O)C(C)C)cc3)C2)ccc1C(=O)O. The van der Waals surface area contributed by atoms with Gasteiger partial charge in [-0.15, -0.1) is 0 Å². The first-order chi connectivity index (χ1) is 13.8. The standard InChI is InChI=1S/C22H24N2O5/c1-13(2)21(26)23-16-5-7-17(8-6-16)24-12-15(11-20(24)25)14-4-9-18(22(27)28)19(10-14)29-3/h4-10,13,15H,11-12H2,1-3H3,(H,23,26)(H,27,28). The van der Waals surface area contributed by atoms with E-state index in [1.54, 1.807) is 29.2 Å². The van der Waals surface area contributed by atoms with Crippen LogP contribution >= 0.6 is 0 Å². The Morgan fingerprint density at radius 3 is 2.45 bits per heavy atom. The Hall–Kier alpha value is -3.35. The van der Waals surface area contributed by atoms with E-state index >= 15 is 0 Å². The van der Waals surface area contributed by atoms with Crippen molar-refractivity contribution < 1.29 is 24.2 Å². The van der Waals surface area contributed by atoms with Gasteiger partial charge in [0.15, 0.2) is 0 Å². The van der Waals surface area contributed by atoms with E-state index in [-0.39, 0.29) is 35.0 Å². The van der Waals surface area contributed by atoms with Crippen molar-refractivity contribution in [3.8, 4) is 5.75 Å². The third-order valence-electron chi connectivity index (χ3n) is 5.02. The molecule has 7 heteroatoms. The van der Waals surface area contributed by atoms with Crippen LogP contribution in [-0.4, -0.2) is 36.5 Å². The Morgan fingerprint density at radius 1 is 1.17 bits per heavy atom. The summed E-state index contributed by atoms with van der Waals surface area (Å²) in [6.07, 6.45) is 0.335. The van der Waals surface area contributed by atoms with Crippen LogP contribution in [0.2, 0.25) is 0 Å². The second-order valence-corrected chi connectivity index (χ2v) is 7.36. The molecule has 0 radical (unpaired) electrons. The maximum Gasteiger partial charge on any atom is 0.339 e. The number of hydrogen-bond acceptors (Lipinski definition) is 4. The molecule has 1 atom stereocenters. The molecule has 0 aromatic heterocycles. The zero-order chi connectivity index (χ0) is 21.1. The number of nitrogens with zero attached hydrogens (tertiary/aromatic N) is 1. The summed E-state index contributed by atoms with van der Waals surface area (Å²) < 4.78 is 5.19. The minimum Gasteiger partial charge on any atom is -0.496 e.